The van der Waals surface area contributed by atoms with Crippen molar-refractivity contribution in [1.82, 2.24) is 0 Å². The molecule has 72 heavy (non-hydrogen) atoms. The Kier molecular flexibility index (Phi) is 25.2. The molecule has 2 bridgehead atoms. The first-order valence-electron chi connectivity index (χ1n) is 26.1. The van der Waals surface area contributed by atoms with Gasteiger partial charge in [0.1, 0.15) is 18.1 Å². The summed E-state index contributed by atoms with van der Waals surface area (Å²) in [5.74, 6) is -7.36. The Morgan fingerprint density at radius 1 is 0.597 bits per heavy atom. The maximum absolute atomic E-state index is 12.9. The van der Waals surface area contributed by atoms with Crippen LogP contribution in [0.3, 0.4) is 0 Å². The summed E-state index contributed by atoms with van der Waals surface area (Å²) in [6, 6.07) is 0. The second kappa shape index (κ2) is 28.7. The second-order valence-electron chi connectivity index (χ2n) is 22.2. The lowest BCUT2D eigenvalue weighted by Crippen LogP contribution is -2.57. The Bertz CT molecular complexity index is 1940. The zero-order chi connectivity index (χ0) is 54.5. The molecule has 2 saturated heterocycles. The van der Waals surface area contributed by atoms with Crippen LogP contribution < -0.4 is 0 Å². The minimum absolute atomic E-state index is 0.100. The first-order chi connectivity index (χ1) is 33.4. The lowest BCUT2D eigenvalue weighted by molar-refractivity contribution is -0.311. The number of rotatable bonds is 3. The van der Waals surface area contributed by atoms with Gasteiger partial charge in [-0.25, -0.2) is 0 Å². The van der Waals surface area contributed by atoms with Crippen LogP contribution in [-0.4, -0.2) is 148 Å². The van der Waals surface area contributed by atoms with Gasteiger partial charge in [0.2, 0.25) is 0 Å². The average molecular weight is 1020 g/mol. The van der Waals surface area contributed by atoms with Gasteiger partial charge in [-0.1, -0.05) is 105 Å². The Morgan fingerprint density at radius 3 is 1.75 bits per heavy atom. The quantitative estimate of drug-likeness (QED) is 0.143. The number of hydrogen-bond acceptors (Lipinski definition) is 15. The van der Waals surface area contributed by atoms with Crippen LogP contribution in [0.15, 0.2) is 69.9 Å². The summed E-state index contributed by atoms with van der Waals surface area (Å²) >= 11 is 0. The molecule has 16 heteroatoms. The predicted octanol–water partition coefficient (Wildman–Crippen LogP) is 6.11. The molecule has 3 aliphatic rings. The highest BCUT2D eigenvalue weighted by Gasteiger charge is 2.51. The molecule has 20 atom stereocenters. The highest BCUT2D eigenvalue weighted by atomic mass is 16.7. The summed E-state index contributed by atoms with van der Waals surface area (Å²) in [6.07, 6.45) is -3.41. The van der Waals surface area contributed by atoms with E-state index in [1.807, 2.05) is 60.6 Å². The summed E-state index contributed by atoms with van der Waals surface area (Å²) in [7, 11) is 0. The number of esters is 1. The first-order valence-corrected chi connectivity index (χ1v) is 26.1. The fourth-order valence-corrected chi connectivity index (χ4v) is 10.5. The first kappa shape index (κ1) is 63.2. The van der Waals surface area contributed by atoms with E-state index in [1.54, 1.807) is 33.8 Å². The Morgan fingerprint density at radius 2 is 1.17 bits per heavy atom. The fourth-order valence-electron chi connectivity index (χ4n) is 10.5. The van der Waals surface area contributed by atoms with Crippen LogP contribution in [0.25, 0.3) is 0 Å². The molecule has 3 rings (SSSR count). The Hall–Kier alpha value is -3.10. The van der Waals surface area contributed by atoms with Gasteiger partial charge >= 0.3 is 11.9 Å². The number of carboxylic acids is 1. The maximum Gasteiger partial charge on any atom is 0.311 e. The van der Waals surface area contributed by atoms with Gasteiger partial charge in [-0.15, -0.1) is 0 Å². The fraction of sp³-hybridized carbons (Fsp3) is 0.750. The van der Waals surface area contributed by atoms with Crippen molar-refractivity contribution >= 4 is 11.9 Å². The van der Waals surface area contributed by atoms with Crippen molar-refractivity contribution < 1.29 is 79.6 Å². The summed E-state index contributed by atoms with van der Waals surface area (Å²) in [5.41, 5.74) is 5.73. The van der Waals surface area contributed by atoms with Crippen LogP contribution >= 0.6 is 0 Å². The molecule has 0 aromatic rings. The molecule has 0 radical (unpaired) electrons. The SMILES string of the molecule is CC1=C/C(C)=C/C(C)=C/C(C)=C/C(C)=C/[C@H](O[C@H]2O[C@@H](C)[C@@H](O)[C@@H](C)[C@H]2O)CC2O[C@@](O)(CC(O)[C@H]2C(=O)O)C[C@@H](O)C[C@@H](O)[C@H](C)CC[C@@H](O)C[C@@H](O)CC(=O)OC(C)[C@@H](C)[C@H](O)[C@H](C)C(C)CC(C)=C1. The molecule has 0 spiro atoms. The van der Waals surface area contributed by atoms with Crippen molar-refractivity contribution in [2.75, 3.05) is 0 Å². The molecule has 10 N–H and O–H groups in total. The average Bonchev–Trinajstić information content (AvgIpc) is 3.24. The third kappa shape index (κ3) is 19.9. The topological polar surface area (TPSA) is 273 Å². The normalized spacial score (nSPS) is 44.2. The van der Waals surface area contributed by atoms with Crippen molar-refractivity contribution in [3.8, 4) is 0 Å². The smallest absolute Gasteiger partial charge is 0.311 e. The van der Waals surface area contributed by atoms with Crippen LogP contribution in [0.1, 0.15) is 148 Å². The van der Waals surface area contributed by atoms with Crippen molar-refractivity contribution in [2.45, 2.75) is 233 Å². The van der Waals surface area contributed by atoms with E-state index in [9.17, 15) is 60.7 Å². The van der Waals surface area contributed by atoms with Gasteiger partial charge < -0.3 is 70.0 Å². The monoisotopic (exact) mass is 1020 g/mol. The molecule has 0 aromatic heterocycles. The number of aliphatic hydroxyl groups excluding tert-OH is 8. The molecule has 412 valence electrons. The third-order valence-electron chi connectivity index (χ3n) is 15.0. The molecular weight excluding hydrogens is 929 g/mol. The molecule has 0 aromatic carbocycles. The molecule has 3 heterocycles. The molecular formula is C56H92O16. The highest BCUT2D eigenvalue weighted by molar-refractivity contribution is 5.71. The van der Waals surface area contributed by atoms with E-state index < -0.39 is 134 Å². The number of carboxylic acid groups (broad SMARTS) is 1. The van der Waals surface area contributed by atoms with Gasteiger partial charge in [-0.3, -0.25) is 9.59 Å². The molecule has 0 saturated carbocycles. The lowest BCUT2D eigenvalue weighted by Gasteiger charge is -2.45. The van der Waals surface area contributed by atoms with Gasteiger partial charge in [-0.05, 0) is 105 Å². The number of allylic oxidation sites excluding steroid dienone is 11. The van der Waals surface area contributed by atoms with E-state index in [0.29, 0.717) is 5.57 Å². The van der Waals surface area contributed by atoms with Crippen molar-refractivity contribution in [2.24, 2.45) is 35.5 Å². The van der Waals surface area contributed by atoms with Gasteiger partial charge in [0.05, 0.1) is 67.5 Å². The van der Waals surface area contributed by atoms with Gasteiger partial charge in [-0.2, -0.15) is 0 Å². The lowest BCUT2D eigenvalue weighted by atomic mass is 9.80. The second-order valence-corrected chi connectivity index (χ2v) is 22.2. The number of ether oxygens (including phenoxy) is 4. The number of cyclic esters (lactones) is 1. The van der Waals surface area contributed by atoms with E-state index in [-0.39, 0.29) is 50.4 Å². The van der Waals surface area contributed by atoms with Gasteiger partial charge in [0, 0.05) is 31.1 Å². The molecule has 3 aliphatic heterocycles. The summed E-state index contributed by atoms with van der Waals surface area (Å²) in [6.45, 7) is 24.5. The van der Waals surface area contributed by atoms with Crippen LogP contribution in [0, 0.1) is 35.5 Å². The molecule has 4 unspecified atom stereocenters. The van der Waals surface area contributed by atoms with Crippen molar-refractivity contribution in [1.29, 1.82) is 0 Å². The molecule has 0 amide bonds. The molecule has 2 fully saturated rings. The largest absolute Gasteiger partial charge is 0.481 e. The maximum atomic E-state index is 12.9. The van der Waals surface area contributed by atoms with Crippen molar-refractivity contribution in [3.63, 3.8) is 0 Å². The number of aliphatic carboxylic acids is 1. The Balaban J connectivity index is 2.03. The van der Waals surface area contributed by atoms with Gasteiger partial charge in [0.25, 0.3) is 0 Å². The van der Waals surface area contributed by atoms with Crippen LogP contribution in [0.2, 0.25) is 0 Å². The van der Waals surface area contributed by atoms with E-state index in [0.717, 1.165) is 34.3 Å². The standard InChI is InChI=1S/C56H92O16/c1-29-16-30(2)18-32(4)20-34(6)22-45(71-55-53(65)39(11)52(64)41(13)70-55)26-48-50(54(66)67)47(61)28-56(68,72-48)27-44(59)24-46(60)35(7)14-15-42(57)23-43(58)25-49(62)69-40(12)38(10)51(63)37(9)36(8)21-33(5)19-31(3)17-29/h16-20,22,35-48,50-53,55,57-61,63-65,68H,14-15,21,23-28H2,1-13H3,(H,66,67)/b29-16+,30-18+,31-17?,32-20+,33-19?,34-22+/t35-,36?,37-,38-,39-,40?,41+,42-,43-,44+,45+,46-,47?,48?,50-,51-,52+,53-,55-,56-/m1/s1. The minimum Gasteiger partial charge on any atom is -0.481 e. The van der Waals surface area contributed by atoms with E-state index >= 15 is 0 Å². The van der Waals surface area contributed by atoms with Crippen LogP contribution in [0.5, 0.6) is 0 Å². The summed E-state index contributed by atoms with van der Waals surface area (Å²) in [4.78, 5) is 25.6. The van der Waals surface area contributed by atoms with Crippen LogP contribution in [0.4, 0.5) is 0 Å². The summed E-state index contributed by atoms with van der Waals surface area (Å²) in [5, 5.41) is 110. The van der Waals surface area contributed by atoms with Gasteiger partial charge in [0.15, 0.2) is 12.1 Å². The molecule has 0 aliphatic carbocycles. The number of carbonyl (C=O) groups excluding carboxylic acids is 1. The minimum atomic E-state index is -2.24. The van der Waals surface area contributed by atoms with E-state index in [2.05, 4.69) is 32.1 Å². The van der Waals surface area contributed by atoms with Crippen molar-refractivity contribution in [3.05, 3.63) is 69.9 Å². The number of fused-ring (bicyclic) bond motifs is 2. The molecule has 16 nitrogen and oxygen atoms in total. The van der Waals surface area contributed by atoms with E-state index in [1.165, 1.54) is 0 Å². The Labute approximate surface area is 428 Å². The van der Waals surface area contributed by atoms with Crippen LogP contribution in [-0.2, 0) is 28.5 Å². The number of hydrogen-bond donors (Lipinski definition) is 10. The van der Waals surface area contributed by atoms with E-state index in [4.69, 9.17) is 18.9 Å². The summed E-state index contributed by atoms with van der Waals surface area (Å²) < 4.78 is 24.0. The highest BCUT2D eigenvalue weighted by Crippen LogP contribution is 2.39. The zero-order valence-electron chi connectivity index (χ0n) is 45.2. The number of aliphatic hydroxyl groups is 9. The predicted molar refractivity (Wildman–Crippen MR) is 274 cm³/mol. The zero-order valence-corrected chi connectivity index (χ0v) is 45.2. The third-order valence-corrected chi connectivity index (χ3v) is 15.0. The number of carbonyl (C=O) groups is 2.